The SMILES string of the molecule is Nc1c(N)n(O)c(=O)n1[O-]. The minimum absolute atomic E-state index is 0.0116. The molecule has 7 nitrogen and oxygen atoms in total. The van der Waals surface area contributed by atoms with Gasteiger partial charge in [0.25, 0.3) is 0 Å². The minimum atomic E-state index is -1.20. The molecule has 56 valence electrons. The van der Waals surface area contributed by atoms with Crippen molar-refractivity contribution in [1.29, 1.82) is 0 Å². The molecule has 0 radical (unpaired) electrons. The molecule has 0 bridgehead atoms. The molecule has 0 aliphatic heterocycles. The molecule has 0 atom stereocenters. The van der Waals surface area contributed by atoms with Crippen LogP contribution in [-0.2, 0) is 0 Å². The monoisotopic (exact) mass is 145 g/mol. The lowest BCUT2D eigenvalue weighted by molar-refractivity contribution is 0.180. The normalized spacial score (nSPS) is 10.0. The van der Waals surface area contributed by atoms with Gasteiger partial charge in [0.1, 0.15) is 5.82 Å². The van der Waals surface area contributed by atoms with Crippen LogP contribution in [0.15, 0.2) is 4.79 Å². The van der Waals surface area contributed by atoms with E-state index in [0.717, 1.165) is 0 Å². The maximum atomic E-state index is 10.4. The summed E-state index contributed by atoms with van der Waals surface area (Å²) < 4.78 is -0.211. The van der Waals surface area contributed by atoms with Crippen LogP contribution >= 0.6 is 0 Å². The van der Waals surface area contributed by atoms with Gasteiger partial charge in [-0.05, 0) is 0 Å². The van der Waals surface area contributed by atoms with Gasteiger partial charge in [0, 0.05) is 0 Å². The van der Waals surface area contributed by atoms with Gasteiger partial charge >= 0.3 is 5.69 Å². The highest BCUT2D eigenvalue weighted by Gasteiger charge is 2.07. The zero-order valence-corrected chi connectivity index (χ0v) is 4.81. The lowest BCUT2D eigenvalue weighted by Gasteiger charge is -2.02. The van der Waals surface area contributed by atoms with Crippen LogP contribution in [0.2, 0.25) is 0 Å². The molecule has 0 amide bonds. The average molecular weight is 145 g/mol. The first-order valence-corrected chi connectivity index (χ1v) is 2.31. The third-order valence-corrected chi connectivity index (χ3v) is 1.06. The van der Waals surface area contributed by atoms with Crippen LogP contribution in [0.25, 0.3) is 0 Å². The summed E-state index contributed by atoms with van der Waals surface area (Å²) in [5.74, 6) is -0.937. The van der Waals surface area contributed by atoms with Crippen LogP contribution in [0.1, 0.15) is 0 Å². The lowest BCUT2D eigenvalue weighted by atomic mass is 10.7. The Labute approximate surface area is 54.6 Å². The van der Waals surface area contributed by atoms with E-state index in [1.165, 1.54) is 0 Å². The van der Waals surface area contributed by atoms with E-state index in [1.54, 1.807) is 0 Å². The molecule has 0 unspecified atom stereocenters. The van der Waals surface area contributed by atoms with Crippen molar-refractivity contribution >= 4 is 11.6 Å². The number of hydrogen-bond acceptors (Lipinski definition) is 5. The van der Waals surface area contributed by atoms with Gasteiger partial charge in [0.2, 0.25) is 0 Å². The van der Waals surface area contributed by atoms with Crippen molar-refractivity contribution in [2.75, 3.05) is 11.5 Å². The van der Waals surface area contributed by atoms with Crippen LogP contribution in [0.4, 0.5) is 11.6 Å². The first kappa shape index (κ1) is 6.33. The molecule has 7 heteroatoms. The second kappa shape index (κ2) is 1.59. The summed E-state index contributed by atoms with van der Waals surface area (Å²) >= 11 is 0. The molecule has 0 fully saturated rings. The van der Waals surface area contributed by atoms with Gasteiger partial charge in [0.15, 0.2) is 5.82 Å². The number of nitrogens with two attached hydrogens (primary N) is 2. The molecule has 1 aromatic heterocycles. The van der Waals surface area contributed by atoms with Crippen molar-refractivity contribution in [2.45, 2.75) is 0 Å². The third-order valence-electron chi connectivity index (χ3n) is 1.06. The molecule has 10 heavy (non-hydrogen) atoms. The summed E-state index contributed by atoms with van der Waals surface area (Å²) in [6.07, 6.45) is 0. The summed E-state index contributed by atoms with van der Waals surface area (Å²) in [5.41, 5.74) is 8.72. The quantitative estimate of drug-likeness (QED) is 0.379. The van der Waals surface area contributed by atoms with Crippen molar-refractivity contribution in [3.05, 3.63) is 15.7 Å². The lowest BCUT2D eigenvalue weighted by Crippen LogP contribution is -2.20. The summed E-state index contributed by atoms with van der Waals surface area (Å²) in [6, 6.07) is 0. The number of nitrogen functional groups attached to an aromatic ring is 2. The van der Waals surface area contributed by atoms with Gasteiger partial charge in [0.05, 0.1) is 0 Å². The zero-order chi connectivity index (χ0) is 7.89. The highest BCUT2D eigenvalue weighted by atomic mass is 16.5. The average Bonchev–Trinajstić information content (AvgIpc) is 2.07. The first-order chi connectivity index (χ1) is 4.55. The fourth-order valence-corrected chi connectivity index (χ4v) is 0.505. The molecule has 5 N–H and O–H groups in total. The Balaban J connectivity index is 3.60. The Kier molecular flexibility index (Phi) is 1.01. The van der Waals surface area contributed by atoms with Gasteiger partial charge in [-0.2, -0.15) is 0 Å². The fourth-order valence-electron chi connectivity index (χ4n) is 0.505. The number of hydrogen-bond donors (Lipinski definition) is 3. The van der Waals surface area contributed by atoms with E-state index in [0.29, 0.717) is 0 Å². The smallest absolute Gasteiger partial charge is 0.359 e. The molecule has 0 spiro atoms. The number of anilines is 2. The van der Waals surface area contributed by atoms with Crippen molar-refractivity contribution in [1.82, 2.24) is 9.46 Å². The number of nitrogens with zero attached hydrogens (tertiary/aromatic N) is 2. The Morgan fingerprint density at radius 3 is 2.00 bits per heavy atom. The minimum Gasteiger partial charge on any atom is -0.801 e. The number of imidazole rings is 1. The molecule has 0 aliphatic carbocycles. The predicted octanol–water partition coefficient (Wildman–Crippen LogP) is -1.60. The fraction of sp³-hybridized carbons (Fsp3) is 0. The van der Waals surface area contributed by atoms with E-state index in [2.05, 4.69) is 0 Å². The van der Waals surface area contributed by atoms with E-state index in [-0.39, 0.29) is 9.46 Å². The largest absolute Gasteiger partial charge is 0.801 e. The highest BCUT2D eigenvalue weighted by Crippen LogP contribution is 2.07. The Bertz CT molecular complexity index is 282. The van der Waals surface area contributed by atoms with E-state index in [9.17, 15) is 10.0 Å². The Morgan fingerprint density at radius 2 is 1.90 bits per heavy atom. The van der Waals surface area contributed by atoms with Crippen LogP contribution < -0.4 is 17.2 Å². The number of rotatable bonds is 0. The summed E-state index contributed by atoms with van der Waals surface area (Å²) in [5, 5.41) is 19.0. The molecule has 0 saturated carbocycles. The van der Waals surface area contributed by atoms with E-state index in [4.69, 9.17) is 16.7 Å². The van der Waals surface area contributed by atoms with E-state index < -0.39 is 17.3 Å². The molecule has 1 aromatic rings. The van der Waals surface area contributed by atoms with Gasteiger partial charge < -0.3 is 26.6 Å². The molecule has 1 rings (SSSR count). The van der Waals surface area contributed by atoms with Crippen molar-refractivity contribution in [3.63, 3.8) is 0 Å². The standard InChI is InChI=1S/C3H5N4O3/c4-1-2(5)7(10)3(8)6(1)9/h9H,4-5H2/q-1. The topological polar surface area (TPSA) is 122 Å². The molecule has 0 saturated heterocycles. The Hall–Kier alpha value is -1.79. The van der Waals surface area contributed by atoms with Gasteiger partial charge in [-0.25, -0.2) is 4.79 Å². The van der Waals surface area contributed by atoms with Crippen molar-refractivity contribution < 1.29 is 5.21 Å². The molecule has 0 aromatic carbocycles. The van der Waals surface area contributed by atoms with Crippen molar-refractivity contribution in [3.8, 4) is 0 Å². The molecular formula is C3H5N4O3-. The Morgan fingerprint density at radius 1 is 1.40 bits per heavy atom. The summed E-state index contributed by atoms with van der Waals surface area (Å²) in [6.45, 7) is 0. The van der Waals surface area contributed by atoms with Crippen LogP contribution in [0.3, 0.4) is 0 Å². The van der Waals surface area contributed by atoms with Gasteiger partial charge in [-0.15, -0.1) is 4.73 Å². The van der Waals surface area contributed by atoms with Gasteiger partial charge in [-0.1, -0.05) is 0 Å². The molecule has 0 aliphatic rings. The van der Waals surface area contributed by atoms with Crippen LogP contribution in [-0.4, -0.2) is 14.7 Å². The second-order valence-corrected chi connectivity index (χ2v) is 1.66. The zero-order valence-electron chi connectivity index (χ0n) is 4.81. The van der Waals surface area contributed by atoms with Crippen molar-refractivity contribution in [2.24, 2.45) is 0 Å². The van der Waals surface area contributed by atoms with E-state index in [1.807, 2.05) is 0 Å². The second-order valence-electron chi connectivity index (χ2n) is 1.66. The maximum Gasteiger partial charge on any atom is 0.359 e. The van der Waals surface area contributed by atoms with Crippen LogP contribution in [0, 0.1) is 5.21 Å². The maximum absolute atomic E-state index is 10.4. The summed E-state index contributed by atoms with van der Waals surface area (Å²) in [4.78, 5) is 10.4. The van der Waals surface area contributed by atoms with Crippen LogP contribution in [0.5, 0.6) is 0 Å². The predicted molar refractivity (Wildman–Crippen MR) is 33.5 cm³/mol. The first-order valence-electron chi connectivity index (χ1n) is 2.31. The number of aromatic nitrogens is 2. The molecule has 1 heterocycles. The molecular weight excluding hydrogens is 140 g/mol. The van der Waals surface area contributed by atoms with Gasteiger partial charge in [-0.3, -0.25) is 0 Å². The summed E-state index contributed by atoms with van der Waals surface area (Å²) in [7, 11) is 0. The highest BCUT2D eigenvalue weighted by molar-refractivity contribution is 5.54. The van der Waals surface area contributed by atoms with E-state index >= 15 is 0 Å². The third kappa shape index (κ3) is 0.508.